The number of aryl methyl sites for hydroxylation is 1. The molecule has 3 N–H and O–H groups in total. The molecule has 0 aliphatic heterocycles. The van der Waals surface area contributed by atoms with Crippen molar-refractivity contribution in [2.45, 2.75) is 52.0 Å². The molecule has 1 amide bonds. The zero-order valence-corrected chi connectivity index (χ0v) is 19.4. The fourth-order valence-corrected chi connectivity index (χ4v) is 4.07. The Morgan fingerprint density at radius 1 is 1.31 bits per heavy atom. The highest BCUT2D eigenvalue weighted by Gasteiger charge is 2.33. The van der Waals surface area contributed by atoms with E-state index in [1.54, 1.807) is 19.1 Å². The van der Waals surface area contributed by atoms with Crippen LogP contribution in [0.2, 0.25) is 0 Å². The summed E-state index contributed by atoms with van der Waals surface area (Å²) in [5.41, 5.74) is 4.40. The normalized spacial score (nSPS) is 16.9. The highest BCUT2D eigenvalue weighted by Crippen LogP contribution is 2.37. The summed E-state index contributed by atoms with van der Waals surface area (Å²) in [6, 6.07) is 1.39. The summed E-state index contributed by atoms with van der Waals surface area (Å²) in [5.74, 6) is -0.532. The van der Waals surface area contributed by atoms with Crippen LogP contribution in [0.25, 0.3) is 5.57 Å². The van der Waals surface area contributed by atoms with Gasteiger partial charge in [-0.2, -0.15) is 13.2 Å². The van der Waals surface area contributed by atoms with Gasteiger partial charge in [0.05, 0.1) is 6.04 Å². The zero-order chi connectivity index (χ0) is 24.3. The molecule has 0 fully saturated rings. The molecule has 0 radical (unpaired) electrons. The van der Waals surface area contributed by atoms with Crippen molar-refractivity contribution < 1.29 is 22.4 Å². The van der Waals surface area contributed by atoms with E-state index in [2.05, 4.69) is 10.3 Å². The Hall–Kier alpha value is -2.68. The van der Waals surface area contributed by atoms with Crippen LogP contribution in [-0.4, -0.2) is 30.5 Å². The van der Waals surface area contributed by atoms with Gasteiger partial charge in [-0.3, -0.25) is 9.79 Å². The molecule has 32 heavy (non-hydrogen) atoms. The van der Waals surface area contributed by atoms with Crippen molar-refractivity contribution in [3.8, 4) is 0 Å². The topological polar surface area (TPSA) is 67.5 Å². The first-order chi connectivity index (χ1) is 14.7. The third-order valence-corrected chi connectivity index (χ3v) is 6.34. The van der Waals surface area contributed by atoms with E-state index in [4.69, 9.17) is 5.73 Å². The van der Waals surface area contributed by atoms with Crippen LogP contribution in [0, 0.1) is 6.92 Å². The standard InChI is InChI=1S/C23H27F4N3OS/c1-13-10-18(14(2)30-21(31)17(29-5)12-19(28)22(3,4)24)32-20(13)15-8-6-7-9-16(11-15)23(25,26)27/h6-8,10-12,14H,9,28H2,1-5H3,(H,30,31)/b19-12-,29-17?. The molecule has 1 aliphatic rings. The fourth-order valence-electron chi connectivity index (χ4n) is 2.90. The Morgan fingerprint density at radius 2 is 1.97 bits per heavy atom. The maximum atomic E-state index is 14.0. The maximum Gasteiger partial charge on any atom is 0.413 e. The van der Waals surface area contributed by atoms with Gasteiger partial charge in [0.2, 0.25) is 0 Å². The van der Waals surface area contributed by atoms with E-state index in [0.29, 0.717) is 10.5 Å². The number of halogens is 4. The van der Waals surface area contributed by atoms with Crippen LogP contribution in [0.5, 0.6) is 0 Å². The van der Waals surface area contributed by atoms with Crippen molar-refractivity contribution in [3.05, 3.63) is 63.0 Å². The average molecular weight is 470 g/mol. The molecule has 0 spiro atoms. The lowest BCUT2D eigenvalue weighted by Gasteiger charge is -2.16. The molecule has 2 rings (SSSR count). The Morgan fingerprint density at radius 3 is 2.53 bits per heavy atom. The number of nitrogens with one attached hydrogen (secondary N) is 1. The molecular weight excluding hydrogens is 442 g/mol. The van der Waals surface area contributed by atoms with Crippen molar-refractivity contribution in [2.75, 3.05) is 7.05 Å². The second kappa shape index (κ2) is 9.85. The summed E-state index contributed by atoms with van der Waals surface area (Å²) in [4.78, 5) is 17.9. The van der Waals surface area contributed by atoms with Crippen LogP contribution in [0.1, 0.15) is 48.6 Å². The predicted octanol–water partition coefficient (Wildman–Crippen LogP) is 5.73. The minimum absolute atomic E-state index is 0.0251. The van der Waals surface area contributed by atoms with Gasteiger partial charge in [-0.05, 0) is 63.5 Å². The van der Waals surface area contributed by atoms with Crippen LogP contribution in [0.4, 0.5) is 17.6 Å². The van der Waals surface area contributed by atoms with E-state index < -0.39 is 29.4 Å². The molecule has 0 saturated heterocycles. The molecule has 1 aromatic rings. The van der Waals surface area contributed by atoms with Crippen molar-refractivity contribution in [1.82, 2.24) is 5.32 Å². The van der Waals surface area contributed by atoms with Gasteiger partial charge in [0.15, 0.2) is 0 Å². The molecule has 1 atom stereocenters. The van der Waals surface area contributed by atoms with Crippen LogP contribution in [0.15, 0.2) is 52.7 Å². The highest BCUT2D eigenvalue weighted by molar-refractivity contribution is 7.13. The number of amides is 1. The third-order valence-electron chi connectivity index (χ3n) is 4.87. The molecule has 174 valence electrons. The van der Waals surface area contributed by atoms with Crippen molar-refractivity contribution in [3.63, 3.8) is 0 Å². The van der Waals surface area contributed by atoms with Gasteiger partial charge in [0, 0.05) is 28.1 Å². The van der Waals surface area contributed by atoms with E-state index >= 15 is 0 Å². The van der Waals surface area contributed by atoms with Crippen LogP contribution in [0.3, 0.4) is 0 Å². The molecule has 1 unspecified atom stereocenters. The summed E-state index contributed by atoms with van der Waals surface area (Å²) in [7, 11) is 1.40. The van der Waals surface area contributed by atoms with Crippen molar-refractivity contribution >= 4 is 28.5 Å². The molecule has 0 saturated carbocycles. The van der Waals surface area contributed by atoms with Crippen molar-refractivity contribution in [1.29, 1.82) is 0 Å². The highest BCUT2D eigenvalue weighted by atomic mass is 32.1. The first-order valence-electron chi connectivity index (χ1n) is 9.93. The maximum absolute atomic E-state index is 14.0. The SMILES string of the molecule is CN=C(/C=C(\N)C(C)(C)F)C(=O)NC(C)c1cc(C)c(C2=CC=CCC(C(F)(F)F)=C2)s1. The van der Waals surface area contributed by atoms with Gasteiger partial charge in [0.25, 0.3) is 5.91 Å². The molecular formula is C23H27F4N3OS. The third kappa shape index (κ3) is 6.41. The number of hydrogen-bond donors (Lipinski definition) is 2. The molecule has 1 aromatic heterocycles. The lowest BCUT2D eigenvalue weighted by molar-refractivity contribution is -0.115. The number of aliphatic imine (C=N–C) groups is 1. The minimum atomic E-state index is -4.40. The Balaban J connectivity index is 2.26. The summed E-state index contributed by atoms with van der Waals surface area (Å²) in [6.45, 7) is 6.12. The number of thiophene rings is 1. The lowest BCUT2D eigenvalue weighted by Crippen LogP contribution is -2.33. The van der Waals surface area contributed by atoms with Gasteiger partial charge in [-0.1, -0.05) is 18.2 Å². The Labute approximate surface area is 189 Å². The predicted molar refractivity (Wildman–Crippen MR) is 122 cm³/mol. The smallest absolute Gasteiger partial charge is 0.399 e. The summed E-state index contributed by atoms with van der Waals surface area (Å²) in [5, 5.41) is 2.78. The van der Waals surface area contributed by atoms with Gasteiger partial charge < -0.3 is 11.1 Å². The van der Waals surface area contributed by atoms with E-state index in [9.17, 15) is 22.4 Å². The number of carbonyl (C=O) groups excluding carboxylic acids is 1. The van der Waals surface area contributed by atoms with Gasteiger partial charge in [0.1, 0.15) is 11.4 Å². The van der Waals surface area contributed by atoms with Crippen LogP contribution in [-0.2, 0) is 4.79 Å². The minimum Gasteiger partial charge on any atom is -0.399 e. The second-order valence-electron chi connectivity index (χ2n) is 7.96. The van der Waals surface area contributed by atoms with Gasteiger partial charge in [-0.15, -0.1) is 11.3 Å². The lowest BCUT2D eigenvalue weighted by atomic mass is 10.1. The van der Waals surface area contributed by atoms with E-state index in [0.717, 1.165) is 10.4 Å². The zero-order valence-electron chi connectivity index (χ0n) is 18.6. The number of hydrogen-bond acceptors (Lipinski definition) is 4. The Bertz CT molecular complexity index is 1020. The summed E-state index contributed by atoms with van der Waals surface area (Å²) in [6.07, 6.45) is 2.52. The molecule has 1 aliphatic carbocycles. The number of nitrogens with zero attached hydrogens (tertiary/aromatic N) is 1. The number of alkyl halides is 4. The monoisotopic (exact) mass is 469 g/mol. The van der Waals surface area contributed by atoms with Gasteiger partial charge >= 0.3 is 6.18 Å². The first kappa shape index (κ1) is 25.6. The quantitative estimate of drug-likeness (QED) is 0.413. The largest absolute Gasteiger partial charge is 0.413 e. The summed E-state index contributed by atoms with van der Waals surface area (Å²) >= 11 is 1.31. The summed E-state index contributed by atoms with van der Waals surface area (Å²) < 4.78 is 53.7. The van der Waals surface area contributed by atoms with E-state index in [1.807, 2.05) is 13.0 Å². The molecule has 4 nitrogen and oxygen atoms in total. The van der Waals surface area contributed by atoms with E-state index in [1.165, 1.54) is 50.5 Å². The number of nitrogens with two attached hydrogens (primary N) is 1. The fraction of sp³-hybridized carbons (Fsp3) is 0.391. The van der Waals surface area contributed by atoms with Crippen molar-refractivity contribution in [2.24, 2.45) is 10.7 Å². The number of rotatable bonds is 6. The van der Waals surface area contributed by atoms with Crippen LogP contribution >= 0.6 is 11.3 Å². The van der Waals surface area contributed by atoms with Crippen LogP contribution < -0.4 is 11.1 Å². The molecule has 1 heterocycles. The average Bonchev–Trinajstić information content (AvgIpc) is 2.89. The second-order valence-corrected chi connectivity index (χ2v) is 9.04. The molecule has 0 bridgehead atoms. The van der Waals surface area contributed by atoms with Gasteiger partial charge in [-0.25, -0.2) is 4.39 Å². The number of allylic oxidation sites excluding steroid dienone is 7. The number of carbonyl (C=O) groups is 1. The van der Waals surface area contributed by atoms with E-state index in [-0.39, 0.29) is 17.8 Å². The Kier molecular flexibility index (Phi) is 7.88. The molecule has 0 aromatic carbocycles. The molecule has 9 heteroatoms. The first-order valence-corrected chi connectivity index (χ1v) is 10.7.